The van der Waals surface area contributed by atoms with Crippen LogP contribution in [0.15, 0.2) is 47.1 Å². The van der Waals surface area contributed by atoms with E-state index in [9.17, 15) is 9.59 Å². The van der Waals surface area contributed by atoms with E-state index in [0.29, 0.717) is 5.56 Å². The fourth-order valence-electron chi connectivity index (χ4n) is 1.82. The molecular formula is C15H15NO4. The summed E-state index contributed by atoms with van der Waals surface area (Å²) in [4.78, 5) is 24.7. The number of ether oxygens (including phenoxy) is 1. The van der Waals surface area contributed by atoms with Gasteiger partial charge >= 0.3 is 5.97 Å². The Morgan fingerprint density at radius 3 is 2.55 bits per heavy atom. The molecule has 5 nitrogen and oxygen atoms in total. The number of rotatable bonds is 4. The summed E-state index contributed by atoms with van der Waals surface area (Å²) in [5, 5.41) is 0. The smallest absolute Gasteiger partial charge is 0.325 e. The lowest BCUT2D eigenvalue weighted by atomic mass is 10.1. The Kier molecular flexibility index (Phi) is 4.20. The first-order valence-corrected chi connectivity index (χ1v) is 6.08. The third-order valence-electron chi connectivity index (χ3n) is 2.88. The molecule has 0 N–H and O–H groups in total. The predicted molar refractivity (Wildman–Crippen MR) is 73.1 cm³/mol. The fourth-order valence-corrected chi connectivity index (χ4v) is 1.82. The number of nitrogens with zero attached hydrogens (tertiary/aromatic N) is 1. The molecule has 0 atom stereocenters. The molecule has 5 heteroatoms. The normalized spacial score (nSPS) is 10.1. The summed E-state index contributed by atoms with van der Waals surface area (Å²) in [7, 11) is 2.81. The molecule has 0 aliphatic carbocycles. The van der Waals surface area contributed by atoms with E-state index >= 15 is 0 Å². The zero-order valence-electron chi connectivity index (χ0n) is 11.3. The van der Waals surface area contributed by atoms with Gasteiger partial charge in [0.25, 0.3) is 5.91 Å². The van der Waals surface area contributed by atoms with Crippen molar-refractivity contribution in [2.24, 2.45) is 0 Å². The maximum Gasteiger partial charge on any atom is 0.325 e. The maximum atomic E-state index is 12.3. The van der Waals surface area contributed by atoms with Gasteiger partial charge in [-0.2, -0.15) is 0 Å². The molecule has 0 unspecified atom stereocenters. The van der Waals surface area contributed by atoms with Crippen LogP contribution >= 0.6 is 0 Å². The van der Waals surface area contributed by atoms with E-state index in [1.807, 2.05) is 30.3 Å². The van der Waals surface area contributed by atoms with Crippen molar-refractivity contribution in [3.63, 3.8) is 0 Å². The summed E-state index contributed by atoms with van der Waals surface area (Å²) < 4.78 is 9.81. The highest BCUT2D eigenvalue weighted by Crippen LogP contribution is 2.25. The van der Waals surface area contributed by atoms with Crippen molar-refractivity contribution in [3.05, 3.63) is 48.4 Å². The van der Waals surface area contributed by atoms with Crippen LogP contribution in [0.3, 0.4) is 0 Å². The van der Waals surface area contributed by atoms with E-state index in [1.165, 1.54) is 25.3 Å². The van der Waals surface area contributed by atoms with Crippen LogP contribution in [0.5, 0.6) is 0 Å². The number of furan rings is 1. The molecule has 0 saturated heterocycles. The molecule has 0 spiro atoms. The molecule has 0 radical (unpaired) electrons. The van der Waals surface area contributed by atoms with Crippen molar-refractivity contribution < 1.29 is 18.7 Å². The third kappa shape index (κ3) is 2.88. The Morgan fingerprint density at radius 2 is 1.90 bits per heavy atom. The van der Waals surface area contributed by atoms with Crippen molar-refractivity contribution in [3.8, 4) is 11.1 Å². The first-order valence-electron chi connectivity index (χ1n) is 6.08. The first-order chi connectivity index (χ1) is 9.63. The van der Waals surface area contributed by atoms with Crippen LogP contribution in [0.4, 0.5) is 0 Å². The Labute approximate surface area is 116 Å². The molecule has 0 saturated carbocycles. The molecule has 104 valence electrons. The van der Waals surface area contributed by atoms with Crippen molar-refractivity contribution in [2.45, 2.75) is 0 Å². The molecule has 0 fully saturated rings. The van der Waals surface area contributed by atoms with Crippen LogP contribution in [0, 0.1) is 0 Å². The van der Waals surface area contributed by atoms with Gasteiger partial charge in [0.05, 0.1) is 13.4 Å². The second-order valence-corrected chi connectivity index (χ2v) is 4.27. The Bertz CT molecular complexity index is 603. The summed E-state index contributed by atoms with van der Waals surface area (Å²) in [5.74, 6) is -0.629. The predicted octanol–water partition coefficient (Wildman–Crippen LogP) is 2.19. The quantitative estimate of drug-likeness (QED) is 0.801. The van der Waals surface area contributed by atoms with Gasteiger partial charge in [0.2, 0.25) is 0 Å². The van der Waals surface area contributed by atoms with Gasteiger partial charge in [-0.25, -0.2) is 0 Å². The van der Waals surface area contributed by atoms with Crippen LogP contribution in [0.2, 0.25) is 0 Å². The van der Waals surface area contributed by atoms with Crippen molar-refractivity contribution >= 4 is 11.9 Å². The molecule has 1 amide bonds. The van der Waals surface area contributed by atoms with Gasteiger partial charge in [0, 0.05) is 12.6 Å². The monoisotopic (exact) mass is 273 g/mol. The van der Waals surface area contributed by atoms with Crippen LogP contribution in [-0.4, -0.2) is 37.5 Å². The molecule has 0 aliphatic heterocycles. The standard InChI is InChI=1S/C15H15NO4/c1-16(10-13(17)19-2)15(18)14-12(8-9-20-14)11-6-4-3-5-7-11/h3-9H,10H2,1-2H3. The second-order valence-electron chi connectivity index (χ2n) is 4.27. The highest BCUT2D eigenvalue weighted by atomic mass is 16.5. The van der Waals surface area contributed by atoms with Gasteiger partial charge in [-0.3, -0.25) is 9.59 Å². The fraction of sp³-hybridized carbons (Fsp3) is 0.200. The molecule has 2 aromatic rings. The Balaban J connectivity index is 2.24. The third-order valence-corrected chi connectivity index (χ3v) is 2.88. The van der Waals surface area contributed by atoms with Gasteiger partial charge in [-0.1, -0.05) is 30.3 Å². The van der Waals surface area contributed by atoms with Crippen molar-refractivity contribution in [1.29, 1.82) is 0 Å². The highest BCUT2D eigenvalue weighted by Gasteiger charge is 2.22. The van der Waals surface area contributed by atoms with Crippen molar-refractivity contribution in [2.75, 3.05) is 20.7 Å². The number of hydrogen-bond acceptors (Lipinski definition) is 4. The summed E-state index contributed by atoms with van der Waals surface area (Å²) >= 11 is 0. The number of esters is 1. The van der Waals surface area contributed by atoms with Crippen molar-refractivity contribution in [1.82, 2.24) is 4.90 Å². The number of likely N-dealkylation sites (N-methyl/N-ethyl adjacent to an activating group) is 1. The van der Waals surface area contributed by atoms with Gasteiger partial charge in [-0.15, -0.1) is 0 Å². The molecule has 20 heavy (non-hydrogen) atoms. The summed E-state index contributed by atoms with van der Waals surface area (Å²) in [6.07, 6.45) is 1.46. The molecule has 1 aromatic carbocycles. The Morgan fingerprint density at radius 1 is 1.20 bits per heavy atom. The summed E-state index contributed by atoms with van der Waals surface area (Å²) in [6.45, 7) is -0.121. The minimum Gasteiger partial charge on any atom is -0.468 e. The topological polar surface area (TPSA) is 59.8 Å². The number of amides is 1. The maximum absolute atomic E-state index is 12.3. The average molecular weight is 273 g/mol. The van der Waals surface area contributed by atoms with Crippen LogP contribution in [-0.2, 0) is 9.53 Å². The number of benzene rings is 1. The number of methoxy groups -OCH3 is 1. The van der Waals surface area contributed by atoms with E-state index in [4.69, 9.17) is 4.42 Å². The lowest BCUT2D eigenvalue weighted by Crippen LogP contribution is -2.32. The first kappa shape index (κ1) is 13.9. The molecule has 0 aliphatic rings. The van der Waals surface area contributed by atoms with E-state index in [2.05, 4.69) is 4.74 Å². The lowest BCUT2D eigenvalue weighted by Gasteiger charge is -2.14. The average Bonchev–Trinajstić information content (AvgIpc) is 2.96. The largest absolute Gasteiger partial charge is 0.468 e. The van der Waals surface area contributed by atoms with Crippen LogP contribution in [0.25, 0.3) is 11.1 Å². The molecule has 0 bridgehead atoms. The minimum atomic E-state index is -0.478. The van der Waals surface area contributed by atoms with Gasteiger partial charge < -0.3 is 14.1 Å². The Hall–Kier alpha value is -2.56. The van der Waals surface area contributed by atoms with E-state index in [-0.39, 0.29) is 18.2 Å². The molecule has 1 aromatic heterocycles. The SMILES string of the molecule is COC(=O)CN(C)C(=O)c1occc1-c1ccccc1. The van der Waals surface area contributed by atoms with E-state index in [1.54, 1.807) is 6.07 Å². The van der Waals surface area contributed by atoms with E-state index < -0.39 is 5.97 Å². The van der Waals surface area contributed by atoms with Gasteiger partial charge in [0.15, 0.2) is 5.76 Å². The van der Waals surface area contributed by atoms with E-state index in [0.717, 1.165) is 5.56 Å². The van der Waals surface area contributed by atoms with Gasteiger partial charge in [-0.05, 0) is 11.6 Å². The number of carbonyl (C=O) groups is 2. The zero-order valence-corrected chi connectivity index (χ0v) is 11.3. The highest BCUT2D eigenvalue weighted by molar-refractivity contribution is 5.99. The second kappa shape index (κ2) is 6.06. The number of carbonyl (C=O) groups excluding carboxylic acids is 2. The van der Waals surface area contributed by atoms with Crippen LogP contribution in [0.1, 0.15) is 10.6 Å². The minimum absolute atomic E-state index is 0.121. The molecule has 2 rings (SSSR count). The van der Waals surface area contributed by atoms with Crippen LogP contribution < -0.4 is 0 Å². The lowest BCUT2D eigenvalue weighted by molar-refractivity contribution is -0.141. The zero-order chi connectivity index (χ0) is 14.5. The van der Waals surface area contributed by atoms with Gasteiger partial charge in [0.1, 0.15) is 6.54 Å². The number of hydrogen-bond donors (Lipinski definition) is 0. The summed E-state index contributed by atoms with van der Waals surface area (Å²) in [5.41, 5.74) is 1.59. The molecular weight excluding hydrogens is 258 g/mol. The molecule has 1 heterocycles. The summed E-state index contributed by atoms with van der Waals surface area (Å²) in [6, 6.07) is 11.2.